The Morgan fingerprint density at radius 2 is 1.13 bits per heavy atom. The largest absolute Gasteiger partial charge is 2.00 e. The Hall–Kier alpha value is -0.697. The van der Waals surface area contributed by atoms with Crippen molar-refractivity contribution >= 4 is 11.6 Å². The number of rotatable bonds is 4. The molecule has 4 nitrogen and oxygen atoms in total. The molecule has 0 unspecified atom stereocenters. The molecule has 0 rings (SSSR count). The van der Waals surface area contributed by atoms with Crippen LogP contribution in [0.1, 0.15) is 26.7 Å². The predicted octanol–water partition coefficient (Wildman–Crippen LogP) is -0.323. The summed E-state index contributed by atoms with van der Waals surface area (Å²) in [7, 11) is 0. The molecule has 0 N–H and O–H groups in total. The van der Waals surface area contributed by atoms with Crippen LogP contribution >= 0.6 is 0 Å². The van der Waals surface area contributed by atoms with Gasteiger partial charge in [0.1, 0.15) is 11.6 Å². The zero-order valence-electron chi connectivity index (χ0n) is 8.96. The molecule has 0 aromatic rings. The van der Waals surface area contributed by atoms with Gasteiger partial charge in [-0.1, -0.05) is 0 Å². The minimum atomic E-state index is -0.312. The molecule has 0 aromatic carbocycles. The molecule has 82 valence electrons. The summed E-state index contributed by atoms with van der Waals surface area (Å²) in [5.41, 5.74) is 0. The average Bonchev–Trinajstić information content (AvgIpc) is 1.79. The van der Waals surface area contributed by atoms with Crippen LogP contribution in [0.15, 0.2) is 24.7 Å². The van der Waals surface area contributed by atoms with Crippen LogP contribution in [0.4, 0.5) is 0 Å². The van der Waals surface area contributed by atoms with Gasteiger partial charge in [0.2, 0.25) is 0 Å². The van der Waals surface area contributed by atoms with Gasteiger partial charge in [0.25, 0.3) is 0 Å². The van der Waals surface area contributed by atoms with Gasteiger partial charge in [0.05, 0.1) is 0 Å². The second-order valence-corrected chi connectivity index (χ2v) is 2.83. The fraction of sp³-hybridized carbons (Fsp3) is 0.400. The minimum Gasteiger partial charge on any atom is -0.876 e. The molecule has 0 heterocycles. The zero-order valence-corrected chi connectivity index (χ0v) is 11.4. The molecule has 15 heavy (non-hydrogen) atoms. The maximum Gasteiger partial charge on any atom is 2.00 e. The first-order chi connectivity index (χ1) is 6.25. The fourth-order valence-corrected chi connectivity index (χ4v) is 0.555. The van der Waals surface area contributed by atoms with E-state index in [1.54, 1.807) is 0 Å². The van der Waals surface area contributed by atoms with E-state index in [1.807, 2.05) is 0 Å². The molecule has 0 atom stereocenters. The van der Waals surface area contributed by atoms with Gasteiger partial charge in [-0.25, -0.2) is 0 Å². The fourth-order valence-electron chi connectivity index (χ4n) is 0.555. The maximum absolute atomic E-state index is 9.99. The van der Waals surface area contributed by atoms with Crippen molar-refractivity contribution in [1.29, 1.82) is 0 Å². The van der Waals surface area contributed by atoms with Crippen LogP contribution in [0.2, 0.25) is 0 Å². The number of carbonyl (C=O) groups excluding carboxylic acids is 2. The summed E-state index contributed by atoms with van der Waals surface area (Å²) < 4.78 is 0. The number of ketones is 2. The monoisotopic (exact) mass is 288 g/mol. The van der Waals surface area contributed by atoms with Crippen LogP contribution in [0.3, 0.4) is 0 Å². The number of hydrogen-bond donors (Lipinski definition) is 0. The maximum atomic E-state index is 9.99. The van der Waals surface area contributed by atoms with Gasteiger partial charge < -0.3 is 10.2 Å². The van der Waals surface area contributed by atoms with E-state index in [-0.39, 0.29) is 62.1 Å². The summed E-state index contributed by atoms with van der Waals surface area (Å²) in [6.07, 6.45) is -0.0556. The summed E-state index contributed by atoms with van der Waals surface area (Å²) in [6, 6.07) is 0. The Morgan fingerprint density at radius 1 is 0.933 bits per heavy atom. The van der Waals surface area contributed by atoms with Crippen LogP contribution < -0.4 is 10.2 Å². The number of carbonyl (C=O) groups is 2. The van der Waals surface area contributed by atoms with E-state index in [4.69, 9.17) is 0 Å². The van der Waals surface area contributed by atoms with Crippen molar-refractivity contribution in [2.45, 2.75) is 26.7 Å². The van der Waals surface area contributed by atoms with Gasteiger partial charge >= 0.3 is 26.2 Å². The summed E-state index contributed by atoms with van der Waals surface area (Å²) in [6.45, 7) is 8.77. The Kier molecular flexibility index (Phi) is 15.0. The Balaban J connectivity index is -0.000000180. The Morgan fingerprint density at radius 3 is 1.13 bits per heavy atom. The second kappa shape index (κ2) is 11.4. The third-order valence-electron chi connectivity index (χ3n) is 0.892. The summed E-state index contributed by atoms with van der Waals surface area (Å²) >= 11 is 0. The van der Waals surface area contributed by atoms with Crippen molar-refractivity contribution in [3.05, 3.63) is 24.7 Å². The predicted molar refractivity (Wildman–Crippen MR) is 48.9 cm³/mol. The van der Waals surface area contributed by atoms with Crippen molar-refractivity contribution in [3.8, 4) is 0 Å². The van der Waals surface area contributed by atoms with E-state index in [0.717, 1.165) is 0 Å². The third-order valence-corrected chi connectivity index (χ3v) is 0.892. The van der Waals surface area contributed by atoms with Crippen LogP contribution in [-0.4, -0.2) is 11.6 Å². The first-order valence-corrected chi connectivity index (χ1v) is 3.94. The number of allylic oxidation sites excluding steroid dienone is 2. The third kappa shape index (κ3) is 31.9. The van der Waals surface area contributed by atoms with Crippen molar-refractivity contribution < 1.29 is 46.0 Å². The standard InChI is InChI=1S/2C5H8O2.Zr/c2*1-4(6)3-5(2)7;/h2*6H,1,3H2,2H3;/q;;+2/p-2. The van der Waals surface area contributed by atoms with Gasteiger partial charge in [-0.2, -0.15) is 0 Å². The summed E-state index contributed by atoms with van der Waals surface area (Å²) in [4.78, 5) is 20.0. The average molecular weight is 289 g/mol. The molecule has 0 bridgehead atoms. The van der Waals surface area contributed by atoms with Gasteiger partial charge in [-0.05, 0) is 13.8 Å². The smallest absolute Gasteiger partial charge is 0.876 e. The molecule has 0 amide bonds. The molecule has 0 aliphatic rings. The first-order valence-electron chi connectivity index (χ1n) is 3.94. The van der Waals surface area contributed by atoms with Gasteiger partial charge in [0.15, 0.2) is 0 Å². The molecule has 0 saturated carbocycles. The van der Waals surface area contributed by atoms with Crippen LogP contribution in [0.5, 0.6) is 0 Å². The molecule has 0 aromatic heterocycles. The van der Waals surface area contributed by atoms with E-state index in [0.29, 0.717) is 0 Å². The van der Waals surface area contributed by atoms with Crippen molar-refractivity contribution in [1.82, 2.24) is 0 Å². The molecule has 0 aliphatic heterocycles. The quantitative estimate of drug-likeness (QED) is 0.664. The van der Waals surface area contributed by atoms with Crippen LogP contribution in [0, 0.1) is 0 Å². The second-order valence-electron chi connectivity index (χ2n) is 2.83. The summed E-state index contributed by atoms with van der Waals surface area (Å²) in [5, 5.41) is 19.8. The number of hydrogen-bond acceptors (Lipinski definition) is 4. The SMILES string of the molecule is C=C([O-])CC(C)=O.C=C([O-])CC(C)=O.[Zr+2]. The molecular weight excluding hydrogens is 275 g/mol. The van der Waals surface area contributed by atoms with E-state index in [1.165, 1.54) is 13.8 Å². The van der Waals surface area contributed by atoms with E-state index in [9.17, 15) is 19.8 Å². The van der Waals surface area contributed by atoms with Crippen molar-refractivity contribution in [2.75, 3.05) is 0 Å². The van der Waals surface area contributed by atoms with Crippen LogP contribution in [-0.2, 0) is 35.8 Å². The molecule has 0 saturated heterocycles. The minimum absolute atomic E-state index is 0. The molecule has 0 radical (unpaired) electrons. The zero-order chi connectivity index (χ0) is 11.7. The molecule has 0 aliphatic carbocycles. The van der Waals surface area contributed by atoms with E-state index in [2.05, 4.69) is 13.2 Å². The van der Waals surface area contributed by atoms with Gasteiger partial charge in [0, 0.05) is 12.8 Å². The van der Waals surface area contributed by atoms with E-state index >= 15 is 0 Å². The van der Waals surface area contributed by atoms with E-state index < -0.39 is 0 Å². The van der Waals surface area contributed by atoms with Gasteiger partial charge in [-0.15, -0.1) is 24.7 Å². The normalized spacial score (nSPS) is 7.60. The van der Waals surface area contributed by atoms with Crippen LogP contribution in [0.25, 0.3) is 0 Å². The Bertz CT molecular complexity index is 196. The van der Waals surface area contributed by atoms with Crippen molar-refractivity contribution in [2.24, 2.45) is 0 Å². The molecule has 5 heteroatoms. The molecule has 0 spiro atoms. The molecular formula is C10H14O4Zr. The number of Topliss-reactive ketones (excluding diaryl/α,β-unsaturated/α-hetero) is 2. The Labute approximate surface area is 109 Å². The van der Waals surface area contributed by atoms with Gasteiger partial charge in [-0.3, -0.25) is 9.59 Å². The first kappa shape index (κ1) is 19.8. The molecule has 0 fully saturated rings. The topological polar surface area (TPSA) is 80.3 Å². The van der Waals surface area contributed by atoms with Crippen molar-refractivity contribution in [3.63, 3.8) is 0 Å². The summed E-state index contributed by atoms with van der Waals surface area (Å²) in [5.74, 6) is -0.875.